The van der Waals surface area contributed by atoms with Crippen LogP contribution in [-0.4, -0.2) is 8.07 Å². The summed E-state index contributed by atoms with van der Waals surface area (Å²) < 4.78 is 0. The number of hydrogen-bond donors (Lipinski definition) is 0. The van der Waals surface area contributed by atoms with Crippen LogP contribution in [0.3, 0.4) is 0 Å². The van der Waals surface area contributed by atoms with E-state index >= 15 is 0 Å². The molecule has 0 aromatic heterocycles. The molecular weight excluding hydrogens is 172 g/mol. The minimum absolute atomic E-state index is 0.961. The first-order chi connectivity index (χ1) is 5.90. The molecule has 13 heavy (non-hydrogen) atoms. The molecule has 1 heteroatoms. The Balaban J connectivity index is 3.00. The molecule has 0 aliphatic carbocycles. The van der Waals surface area contributed by atoms with Crippen molar-refractivity contribution in [3.63, 3.8) is 0 Å². The van der Waals surface area contributed by atoms with Crippen LogP contribution in [0.15, 0.2) is 18.2 Å². The van der Waals surface area contributed by atoms with Gasteiger partial charge in [-0.2, -0.15) is 0 Å². The summed E-state index contributed by atoms with van der Waals surface area (Å²) in [5, 5.41) is 0. The summed E-state index contributed by atoms with van der Waals surface area (Å²) in [6, 6.07) is 7.91. The Hall–Kier alpha value is -0.563. The van der Waals surface area contributed by atoms with E-state index < -0.39 is 8.07 Å². The van der Waals surface area contributed by atoms with Crippen LogP contribution in [0.4, 0.5) is 0 Å². The van der Waals surface area contributed by atoms with Crippen molar-refractivity contribution in [3.8, 4) is 0 Å². The van der Waals surface area contributed by atoms with Gasteiger partial charge in [0.15, 0.2) is 0 Å². The van der Waals surface area contributed by atoms with E-state index in [2.05, 4.69) is 51.7 Å². The molecule has 1 rings (SSSR count). The quantitative estimate of drug-likeness (QED) is 0.626. The van der Waals surface area contributed by atoms with E-state index in [1.165, 1.54) is 17.2 Å². The summed E-state index contributed by atoms with van der Waals surface area (Å²) in [5.74, 6) is 0. The number of rotatable bonds is 2. The Labute approximate surface area is 83.0 Å². The lowest BCUT2D eigenvalue weighted by Crippen LogP contribution is -2.24. The van der Waals surface area contributed by atoms with Gasteiger partial charge in [-0.1, -0.05) is 37.8 Å². The second-order valence-electron chi connectivity index (χ2n) is 5.11. The van der Waals surface area contributed by atoms with Crippen LogP contribution >= 0.6 is 0 Å². The number of aryl methyl sites for hydroxylation is 2. The average molecular weight is 192 g/mol. The molecule has 0 nitrogen and oxygen atoms in total. The maximum absolute atomic E-state index is 2.43. The molecule has 0 bridgehead atoms. The molecule has 0 atom stereocenters. The fourth-order valence-corrected chi connectivity index (χ4v) is 3.28. The summed E-state index contributed by atoms with van der Waals surface area (Å²) in [6.07, 6.45) is 0. The number of benzene rings is 1. The van der Waals surface area contributed by atoms with E-state index in [1.807, 2.05) is 0 Å². The van der Waals surface area contributed by atoms with E-state index in [0.29, 0.717) is 0 Å². The summed E-state index contributed by atoms with van der Waals surface area (Å²) in [6.45, 7) is 11.7. The zero-order valence-corrected chi connectivity index (χ0v) is 10.4. The SMILES string of the molecule is Cc1cccc(C)c1C[Si](C)(C)C. The van der Waals surface area contributed by atoms with Crippen LogP contribution in [0.25, 0.3) is 0 Å². The molecular formula is C12H20Si. The van der Waals surface area contributed by atoms with Crippen molar-refractivity contribution in [3.05, 3.63) is 34.9 Å². The molecule has 0 N–H and O–H groups in total. The highest BCUT2D eigenvalue weighted by atomic mass is 28.3. The molecule has 0 radical (unpaired) electrons. The summed E-state index contributed by atoms with van der Waals surface area (Å²) >= 11 is 0. The normalized spacial score (nSPS) is 11.8. The van der Waals surface area contributed by atoms with Crippen LogP contribution in [0, 0.1) is 13.8 Å². The Morgan fingerprint density at radius 3 is 1.85 bits per heavy atom. The van der Waals surface area contributed by atoms with Gasteiger partial charge in [0, 0.05) is 8.07 Å². The molecule has 0 heterocycles. The smallest absolute Gasteiger partial charge is 0.0487 e. The van der Waals surface area contributed by atoms with Crippen molar-refractivity contribution in [2.24, 2.45) is 0 Å². The van der Waals surface area contributed by atoms with Gasteiger partial charge in [0.05, 0.1) is 0 Å². The fourth-order valence-electron chi connectivity index (χ4n) is 1.66. The number of hydrogen-bond acceptors (Lipinski definition) is 0. The Kier molecular flexibility index (Phi) is 2.97. The van der Waals surface area contributed by atoms with Gasteiger partial charge < -0.3 is 0 Å². The Morgan fingerprint density at radius 1 is 1.00 bits per heavy atom. The van der Waals surface area contributed by atoms with Crippen LogP contribution < -0.4 is 0 Å². The van der Waals surface area contributed by atoms with Crippen molar-refractivity contribution in [1.29, 1.82) is 0 Å². The van der Waals surface area contributed by atoms with Gasteiger partial charge >= 0.3 is 0 Å². The lowest BCUT2D eigenvalue weighted by molar-refractivity contribution is 1.19. The standard InChI is InChI=1S/C12H20Si/c1-10-7-6-8-11(2)12(10)9-13(3,4)5/h6-8H,9H2,1-5H3. The Bertz CT molecular complexity index is 274. The van der Waals surface area contributed by atoms with E-state index in [9.17, 15) is 0 Å². The average Bonchev–Trinajstić information content (AvgIpc) is 1.95. The van der Waals surface area contributed by atoms with E-state index in [4.69, 9.17) is 0 Å². The van der Waals surface area contributed by atoms with Crippen LogP contribution in [0.2, 0.25) is 19.6 Å². The fraction of sp³-hybridized carbons (Fsp3) is 0.500. The lowest BCUT2D eigenvalue weighted by atomic mass is 10.1. The summed E-state index contributed by atoms with van der Waals surface area (Å²) in [7, 11) is -0.961. The predicted octanol–water partition coefficient (Wildman–Crippen LogP) is 3.72. The monoisotopic (exact) mass is 192 g/mol. The predicted molar refractivity (Wildman–Crippen MR) is 63.0 cm³/mol. The second kappa shape index (κ2) is 3.67. The van der Waals surface area contributed by atoms with Crippen molar-refractivity contribution in [2.45, 2.75) is 39.5 Å². The van der Waals surface area contributed by atoms with E-state index in [0.717, 1.165) is 0 Å². The first-order valence-electron chi connectivity index (χ1n) is 4.95. The van der Waals surface area contributed by atoms with Gasteiger partial charge in [-0.05, 0) is 36.6 Å². The highest BCUT2D eigenvalue weighted by molar-refractivity contribution is 6.75. The van der Waals surface area contributed by atoms with Gasteiger partial charge in [0.25, 0.3) is 0 Å². The molecule has 1 aromatic rings. The summed E-state index contributed by atoms with van der Waals surface area (Å²) in [5.41, 5.74) is 4.51. The molecule has 0 amide bonds. The van der Waals surface area contributed by atoms with E-state index in [-0.39, 0.29) is 0 Å². The maximum Gasteiger partial charge on any atom is 0.0487 e. The zero-order valence-electron chi connectivity index (χ0n) is 9.44. The van der Waals surface area contributed by atoms with Gasteiger partial charge in [0.1, 0.15) is 0 Å². The highest BCUT2D eigenvalue weighted by Gasteiger charge is 2.16. The topological polar surface area (TPSA) is 0 Å². The highest BCUT2D eigenvalue weighted by Crippen LogP contribution is 2.18. The third kappa shape index (κ3) is 3.00. The van der Waals surface area contributed by atoms with Gasteiger partial charge in [-0.15, -0.1) is 0 Å². The molecule has 0 saturated heterocycles. The zero-order chi connectivity index (χ0) is 10.1. The van der Waals surface area contributed by atoms with Crippen molar-refractivity contribution >= 4 is 8.07 Å². The molecule has 0 spiro atoms. The van der Waals surface area contributed by atoms with Crippen molar-refractivity contribution in [2.75, 3.05) is 0 Å². The third-order valence-corrected chi connectivity index (χ3v) is 3.77. The first-order valence-corrected chi connectivity index (χ1v) is 8.66. The molecule has 0 aliphatic heterocycles. The van der Waals surface area contributed by atoms with Crippen LogP contribution in [0.1, 0.15) is 16.7 Å². The Morgan fingerprint density at radius 2 is 1.46 bits per heavy atom. The minimum Gasteiger partial charge on any atom is -0.0693 e. The van der Waals surface area contributed by atoms with Crippen LogP contribution in [0.5, 0.6) is 0 Å². The molecule has 0 unspecified atom stereocenters. The third-order valence-electron chi connectivity index (χ3n) is 2.35. The van der Waals surface area contributed by atoms with Crippen LogP contribution in [-0.2, 0) is 6.04 Å². The van der Waals surface area contributed by atoms with Gasteiger partial charge in [-0.25, -0.2) is 0 Å². The second-order valence-corrected chi connectivity index (χ2v) is 10.6. The van der Waals surface area contributed by atoms with Crippen molar-refractivity contribution in [1.82, 2.24) is 0 Å². The first kappa shape index (κ1) is 10.5. The molecule has 72 valence electrons. The molecule has 0 fully saturated rings. The summed E-state index contributed by atoms with van der Waals surface area (Å²) in [4.78, 5) is 0. The molecule has 0 aliphatic rings. The minimum atomic E-state index is -0.961. The van der Waals surface area contributed by atoms with Crippen molar-refractivity contribution < 1.29 is 0 Å². The largest absolute Gasteiger partial charge is 0.0693 e. The molecule has 1 aromatic carbocycles. The van der Waals surface area contributed by atoms with E-state index in [1.54, 1.807) is 5.56 Å². The lowest BCUT2D eigenvalue weighted by Gasteiger charge is -2.19. The maximum atomic E-state index is 2.43. The molecule has 0 saturated carbocycles. The van der Waals surface area contributed by atoms with Gasteiger partial charge in [0.2, 0.25) is 0 Å². The van der Waals surface area contributed by atoms with Gasteiger partial charge in [-0.3, -0.25) is 0 Å².